The monoisotopic (exact) mass is 273 g/mol. The second-order valence-corrected chi connectivity index (χ2v) is 4.71. The van der Waals surface area contributed by atoms with Gasteiger partial charge < -0.3 is 5.11 Å². The van der Waals surface area contributed by atoms with Gasteiger partial charge in [0.05, 0.1) is 16.7 Å². The van der Waals surface area contributed by atoms with Crippen molar-refractivity contribution in [3.8, 4) is 0 Å². The van der Waals surface area contributed by atoms with Crippen LogP contribution in [0.2, 0.25) is 0 Å². The molecule has 0 bridgehead atoms. The molecule has 6 heteroatoms. The highest BCUT2D eigenvalue weighted by molar-refractivity contribution is 7.09. The Morgan fingerprint density at radius 3 is 2.61 bits per heavy atom. The summed E-state index contributed by atoms with van der Waals surface area (Å²) in [5, 5.41) is 12.2. The van der Waals surface area contributed by atoms with Crippen LogP contribution in [0.1, 0.15) is 22.2 Å². The van der Waals surface area contributed by atoms with Gasteiger partial charge in [0.2, 0.25) is 0 Å². The Labute approximate surface area is 106 Å². The van der Waals surface area contributed by atoms with Crippen LogP contribution in [0.25, 0.3) is 0 Å². The predicted octanol–water partition coefficient (Wildman–Crippen LogP) is 3.44. The van der Waals surface area contributed by atoms with Crippen LogP contribution in [-0.2, 0) is 12.6 Å². The maximum atomic E-state index is 12.8. The SMILES string of the molecule is OC(Cc1nccs1)c1ccccc1C(F)(F)F. The van der Waals surface area contributed by atoms with Crippen LogP contribution in [0.5, 0.6) is 0 Å². The lowest BCUT2D eigenvalue weighted by Crippen LogP contribution is -2.13. The minimum Gasteiger partial charge on any atom is -0.388 e. The third-order valence-corrected chi connectivity index (χ3v) is 3.28. The fraction of sp³-hybridized carbons (Fsp3) is 0.250. The van der Waals surface area contributed by atoms with E-state index < -0.39 is 17.8 Å². The van der Waals surface area contributed by atoms with Crippen LogP contribution in [0.4, 0.5) is 13.2 Å². The van der Waals surface area contributed by atoms with Crippen LogP contribution in [0.3, 0.4) is 0 Å². The molecule has 2 aromatic rings. The molecule has 1 aromatic heterocycles. The zero-order valence-electron chi connectivity index (χ0n) is 9.19. The number of nitrogens with zero attached hydrogens (tertiary/aromatic N) is 1. The molecule has 0 saturated carbocycles. The number of halogens is 3. The van der Waals surface area contributed by atoms with E-state index in [-0.39, 0.29) is 12.0 Å². The van der Waals surface area contributed by atoms with Crippen molar-refractivity contribution in [2.24, 2.45) is 0 Å². The molecule has 0 aliphatic carbocycles. The predicted molar refractivity (Wildman–Crippen MR) is 62.2 cm³/mol. The van der Waals surface area contributed by atoms with Crippen LogP contribution < -0.4 is 0 Å². The Morgan fingerprint density at radius 2 is 2.00 bits per heavy atom. The first kappa shape index (κ1) is 13.0. The molecule has 0 fully saturated rings. The van der Waals surface area contributed by atoms with Crippen molar-refractivity contribution in [2.45, 2.75) is 18.7 Å². The van der Waals surface area contributed by atoms with Gasteiger partial charge in [0.25, 0.3) is 0 Å². The van der Waals surface area contributed by atoms with Crippen molar-refractivity contribution in [1.82, 2.24) is 4.98 Å². The third-order valence-electron chi connectivity index (χ3n) is 2.48. The van der Waals surface area contributed by atoms with Crippen molar-refractivity contribution in [2.75, 3.05) is 0 Å². The van der Waals surface area contributed by atoms with Gasteiger partial charge in [0, 0.05) is 18.0 Å². The van der Waals surface area contributed by atoms with Gasteiger partial charge in [0.1, 0.15) is 0 Å². The third kappa shape index (κ3) is 2.88. The molecule has 1 aromatic carbocycles. The van der Waals surface area contributed by atoms with E-state index in [2.05, 4.69) is 4.98 Å². The van der Waals surface area contributed by atoms with Crippen molar-refractivity contribution in [1.29, 1.82) is 0 Å². The smallest absolute Gasteiger partial charge is 0.388 e. The normalized spacial score (nSPS) is 13.6. The number of benzene rings is 1. The molecule has 1 N–H and O–H groups in total. The first-order chi connectivity index (χ1) is 8.48. The molecule has 2 rings (SSSR count). The summed E-state index contributed by atoms with van der Waals surface area (Å²) in [6.07, 6.45) is -4.01. The van der Waals surface area contributed by atoms with Gasteiger partial charge in [-0.25, -0.2) is 4.98 Å². The van der Waals surface area contributed by atoms with E-state index in [1.807, 2.05) is 0 Å². The number of hydrogen-bond donors (Lipinski definition) is 1. The van der Waals surface area contributed by atoms with Crippen LogP contribution in [-0.4, -0.2) is 10.1 Å². The number of aliphatic hydroxyl groups is 1. The highest BCUT2D eigenvalue weighted by Crippen LogP contribution is 2.35. The van der Waals surface area contributed by atoms with Crippen LogP contribution >= 0.6 is 11.3 Å². The molecule has 1 atom stereocenters. The first-order valence-corrected chi connectivity index (χ1v) is 6.09. The Morgan fingerprint density at radius 1 is 1.28 bits per heavy atom. The van der Waals surface area contributed by atoms with Gasteiger partial charge in [-0.3, -0.25) is 0 Å². The second kappa shape index (κ2) is 5.07. The molecule has 0 aliphatic heterocycles. The summed E-state index contributed by atoms with van der Waals surface area (Å²) in [7, 11) is 0. The summed E-state index contributed by atoms with van der Waals surface area (Å²) in [6.45, 7) is 0. The van der Waals surface area contributed by atoms with Gasteiger partial charge in [-0.05, 0) is 11.6 Å². The average Bonchev–Trinajstić information content (AvgIpc) is 2.80. The van der Waals surface area contributed by atoms with E-state index in [0.29, 0.717) is 5.01 Å². The lowest BCUT2D eigenvalue weighted by atomic mass is 10.00. The highest BCUT2D eigenvalue weighted by atomic mass is 32.1. The van der Waals surface area contributed by atoms with Gasteiger partial charge in [-0.2, -0.15) is 13.2 Å². The van der Waals surface area contributed by atoms with Crippen molar-refractivity contribution < 1.29 is 18.3 Å². The molecule has 0 radical (unpaired) electrons. The molecule has 96 valence electrons. The fourth-order valence-electron chi connectivity index (χ4n) is 1.67. The van der Waals surface area contributed by atoms with Crippen molar-refractivity contribution in [3.63, 3.8) is 0 Å². The number of aliphatic hydroxyl groups excluding tert-OH is 1. The second-order valence-electron chi connectivity index (χ2n) is 3.73. The molecule has 0 saturated heterocycles. The van der Waals surface area contributed by atoms with E-state index in [1.54, 1.807) is 11.6 Å². The van der Waals surface area contributed by atoms with Crippen LogP contribution in [0.15, 0.2) is 35.8 Å². The summed E-state index contributed by atoms with van der Waals surface area (Å²) >= 11 is 1.31. The van der Waals surface area contributed by atoms with E-state index in [4.69, 9.17) is 0 Å². The summed E-state index contributed by atoms with van der Waals surface area (Å²) in [5.74, 6) is 0. The minimum atomic E-state index is -4.46. The number of hydrogen-bond acceptors (Lipinski definition) is 3. The van der Waals surface area contributed by atoms with Gasteiger partial charge in [-0.1, -0.05) is 18.2 Å². The summed E-state index contributed by atoms with van der Waals surface area (Å²) in [4.78, 5) is 3.95. The zero-order chi connectivity index (χ0) is 13.2. The zero-order valence-corrected chi connectivity index (χ0v) is 10.0. The topological polar surface area (TPSA) is 33.1 Å². The molecule has 1 heterocycles. The van der Waals surface area contributed by atoms with E-state index in [0.717, 1.165) is 6.07 Å². The number of rotatable bonds is 3. The molecular weight excluding hydrogens is 263 g/mol. The lowest BCUT2D eigenvalue weighted by molar-refractivity contribution is -0.139. The Hall–Kier alpha value is -1.40. The number of alkyl halides is 3. The molecule has 0 aliphatic rings. The lowest BCUT2D eigenvalue weighted by Gasteiger charge is -2.16. The largest absolute Gasteiger partial charge is 0.416 e. The van der Waals surface area contributed by atoms with Crippen molar-refractivity contribution >= 4 is 11.3 Å². The van der Waals surface area contributed by atoms with E-state index in [9.17, 15) is 18.3 Å². The number of aromatic nitrogens is 1. The van der Waals surface area contributed by atoms with Crippen LogP contribution in [0, 0.1) is 0 Å². The van der Waals surface area contributed by atoms with Gasteiger partial charge in [-0.15, -0.1) is 11.3 Å². The molecule has 1 unspecified atom stereocenters. The highest BCUT2D eigenvalue weighted by Gasteiger charge is 2.34. The maximum Gasteiger partial charge on any atom is 0.416 e. The Bertz CT molecular complexity index is 510. The van der Waals surface area contributed by atoms with Gasteiger partial charge in [0.15, 0.2) is 0 Å². The molecular formula is C12H10F3NOS. The molecule has 0 amide bonds. The molecule has 2 nitrogen and oxygen atoms in total. The fourth-order valence-corrected chi connectivity index (χ4v) is 2.33. The van der Waals surface area contributed by atoms with Crippen molar-refractivity contribution in [3.05, 3.63) is 52.0 Å². The molecule has 18 heavy (non-hydrogen) atoms. The summed E-state index contributed by atoms with van der Waals surface area (Å²) in [5.41, 5.74) is -0.908. The number of thiazole rings is 1. The Balaban J connectivity index is 2.27. The molecule has 0 spiro atoms. The summed E-state index contributed by atoms with van der Waals surface area (Å²) < 4.78 is 38.3. The summed E-state index contributed by atoms with van der Waals surface area (Å²) in [6, 6.07) is 5.06. The first-order valence-electron chi connectivity index (χ1n) is 5.21. The quantitative estimate of drug-likeness (QED) is 0.929. The maximum absolute atomic E-state index is 12.8. The standard InChI is InChI=1S/C12H10F3NOS/c13-12(14,15)9-4-2-1-3-8(9)10(17)7-11-16-5-6-18-11/h1-6,10,17H,7H2. The Kier molecular flexibility index (Phi) is 3.68. The van der Waals surface area contributed by atoms with E-state index >= 15 is 0 Å². The van der Waals surface area contributed by atoms with E-state index in [1.165, 1.54) is 29.5 Å². The minimum absolute atomic E-state index is 0.0881. The average molecular weight is 273 g/mol. The van der Waals surface area contributed by atoms with Gasteiger partial charge >= 0.3 is 6.18 Å².